The number of benzene rings is 1. The lowest BCUT2D eigenvalue weighted by molar-refractivity contribution is -0.140. The van der Waals surface area contributed by atoms with Gasteiger partial charge in [-0.2, -0.15) is 0 Å². The summed E-state index contributed by atoms with van der Waals surface area (Å²) in [4.78, 5) is 38.5. The monoisotopic (exact) mass is 417 g/mol. The third-order valence-electron chi connectivity index (χ3n) is 4.94. The maximum atomic E-state index is 13.1. The number of anilines is 1. The molecule has 2 heterocycles. The molecule has 0 fully saturated rings. The molecule has 0 bridgehead atoms. The first-order valence-corrected chi connectivity index (χ1v) is 9.71. The maximum absolute atomic E-state index is 13.1. The first-order valence-electron chi connectivity index (χ1n) is 9.33. The number of hydrogen-bond acceptors (Lipinski definition) is 5. The largest absolute Gasteiger partial charge is 0.462 e. The van der Waals surface area contributed by atoms with Crippen LogP contribution in [0.2, 0.25) is 5.02 Å². The molecule has 154 valence electrons. The van der Waals surface area contributed by atoms with Crippen molar-refractivity contribution in [3.8, 4) is 0 Å². The Morgan fingerprint density at radius 3 is 2.55 bits per heavy atom. The Bertz CT molecular complexity index is 1130. The molecule has 1 aliphatic rings. The van der Waals surface area contributed by atoms with Crippen LogP contribution in [-0.4, -0.2) is 21.7 Å². The molecular weight excluding hydrogens is 394 g/mol. The third kappa shape index (κ3) is 3.74. The highest BCUT2D eigenvalue weighted by Gasteiger charge is 2.37. The molecule has 1 N–H and O–H groups in total. The first kappa shape index (κ1) is 20.9. The zero-order valence-corrected chi connectivity index (χ0v) is 17.8. The molecule has 7 nitrogen and oxygen atoms in total. The van der Waals surface area contributed by atoms with E-state index < -0.39 is 23.1 Å². The first-order chi connectivity index (χ1) is 13.6. The van der Waals surface area contributed by atoms with Gasteiger partial charge >= 0.3 is 11.7 Å². The van der Waals surface area contributed by atoms with Gasteiger partial charge in [-0.05, 0) is 30.5 Å². The molecule has 8 heteroatoms. The lowest BCUT2D eigenvalue weighted by Gasteiger charge is -2.31. The summed E-state index contributed by atoms with van der Waals surface area (Å²) in [6.07, 6.45) is 0. The molecule has 3 rings (SSSR count). The highest BCUT2D eigenvalue weighted by molar-refractivity contribution is 6.30. The van der Waals surface area contributed by atoms with Gasteiger partial charge in [0.05, 0.1) is 23.7 Å². The van der Waals surface area contributed by atoms with E-state index in [2.05, 4.69) is 5.32 Å². The van der Waals surface area contributed by atoms with Crippen molar-refractivity contribution >= 4 is 23.4 Å². The van der Waals surface area contributed by atoms with Crippen LogP contribution in [0.5, 0.6) is 0 Å². The van der Waals surface area contributed by atoms with E-state index in [4.69, 9.17) is 16.3 Å². The van der Waals surface area contributed by atoms with E-state index in [0.29, 0.717) is 33.2 Å². The lowest BCUT2D eigenvalue weighted by Crippen LogP contribution is -2.43. The summed E-state index contributed by atoms with van der Waals surface area (Å²) in [6.45, 7) is 5.89. The Morgan fingerprint density at radius 2 is 1.93 bits per heavy atom. The van der Waals surface area contributed by atoms with Crippen LogP contribution < -0.4 is 16.6 Å². The Kier molecular flexibility index (Phi) is 5.71. The zero-order chi connectivity index (χ0) is 21.5. The van der Waals surface area contributed by atoms with Gasteiger partial charge in [0.2, 0.25) is 0 Å². The number of aromatic nitrogens is 2. The van der Waals surface area contributed by atoms with Crippen LogP contribution in [0, 0.1) is 5.92 Å². The molecule has 1 unspecified atom stereocenters. The van der Waals surface area contributed by atoms with Gasteiger partial charge in [-0.3, -0.25) is 13.9 Å². The minimum Gasteiger partial charge on any atom is -0.462 e. The molecule has 1 aliphatic heterocycles. The van der Waals surface area contributed by atoms with Gasteiger partial charge in [0, 0.05) is 24.8 Å². The third-order valence-corrected chi connectivity index (χ3v) is 5.17. The minimum absolute atomic E-state index is 0.169. The summed E-state index contributed by atoms with van der Waals surface area (Å²) in [7, 11) is 3.00. The second-order valence-electron chi connectivity index (χ2n) is 7.61. The molecule has 0 saturated carbocycles. The van der Waals surface area contributed by atoms with Crippen molar-refractivity contribution in [1.82, 2.24) is 9.13 Å². The quantitative estimate of drug-likeness (QED) is 0.773. The molecule has 1 aromatic carbocycles. The molecule has 2 aromatic rings. The van der Waals surface area contributed by atoms with E-state index in [1.165, 1.54) is 11.6 Å². The predicted molar refractivity (Wildman–Crippen MR) is 112 cm³/mol. The Labute approximate surface area is 173 Å². The highest BCUT2D eigenvalue weighted by atomic mass is 35.5. The summed E-state index contributed by atoms with van der Waals surface area (Å²) in [5, 5.41) is 3.55. The average Bonchev–Trinajstić information content (AvgIpc) is 2.67. The van der Waals surface area contributed by atoms with Gasteiger partial charge in [-0.25, -0.2) is 9.59 Å². The summed E-state index contributed by atoms with van der Waals surface area (Å²) >= 11 is 6.20. The summed E-state index contributed by atoms with van der Waals surface area (Å²) in [5.41, 5.74) is 0.911. The van der Waals surface area contributed by atoms with Crippen molar-refractivity contribution in [1.29, 1.82) is 0 Å². The number of fused-ring (bicyclic) bond motifs is 1. The standard InChI is InChI=1S/C21H24ClN3O4/c1-11(2)10-29-20(27)15-12(3)23-18-17(19(26)25(5)21(28)24(18)4)16(15)13-7-6-8-14(22)9-13/h6-9,11,16,23H,10H2,1-5H3. The van der Waals surface area contributed by atoms with Gasteiger partial charge in [0.1, 0.15) is 5.82 Å². The number of carbonyl (C=O) groups excluding carboxylic acids is 1. The van der Waals surface area contributed by atoms with Crippen LogP contribution in [0.25, 0.3) is 0 Å². The predicted octanol–water partition coefficient (Wildman–Crippen LogP) is 2.77. The molecule has 0 amide bonds. The van der Waals surface area contributed by atoms with Crippen LogP contribution in [0.15, 0.2) is 45.1 Å². The van der Waals surface area contributed by atoms with Crippen molar-refractivity contribution in [3.05, 3.63) is 72.5 Å². The number of nitrogens with one attached hydrogen (secondary N) is 1. The van der Waals surface area contributed by atoms with Crippen LogP contribution in [0.1, 0.15) is 37.8 Å². The molecule has 0 radical (unpaired) electrons. The Hall–Kier alpha value is -2.80. The van der Waals surface area contributed by atoms with Gasteiger partial charge < -0.3 is 10.1 Å². The topological polar surface area (TPSA) is 82.3 Å². The summed E-state index contributed by atoms with van der Waals surface area (Å²) in [5.74, 6) is -0.687. The number of rotatable bonds is 4. The van der Waals surface area contributed by atoms with Crippen molar-refractivity contribution in [2.45, 2.75) is 26.7 Å². The average molecular weight is 418 g/mol. The molecule has 29 heavy (non-hydrogen) atoms. The minimum atomic E-state index is -0.713. The summed E-state index contributed by atoms with van der Waals surface area (Å²) in [6, 6.07) is 7.01. The highest BCUT2D eigenvalue weighted by Crippen LogP contribution is 2.40. The van der Waals surface area contributed by atoms with Crippen LogP contribution in [0.3, 0.4) is 0 Å². The molecule has 0 spiro atoms. The van der Waals surface area contributed by atoms with E-state index in [9.17, 15) is 14.4 Å². The van der Waals surface area contributed by atoms with E-state index in [-0.39, 0.29) is 12.5 Å². The number of ether oxygens (including phenoxy) is 1. The van der Waals surface area contributed by atoms with Crippen LogP contribution >= 0.6 is 11.6 Å². The molecule has 1 aromatic heterocycles. The second-order valence-corrected chi connectivity index (χ2v) is 8.05. The normalized spacial score (nSPS) is 15.9. The fourth-order valence-corrected chi connectivity index (χ4v) is 3.70. The molecule has 1 atom stereocenters. The second kappa shape index (κ2) is 7.91. The van der Waals surface area contributed by atoms with Gasteiger partial charge in [0.15, 0.2) is 0 Å². The number of nitrogens with zero attached hydrogens (tertiary/aromatic N) is 2. The lowest BCUT2D eigenvalue weighted by atomic mass is 9.82. The zero-order valence-electron chi connectivity index (χ0n) is 17.1. The van der Waals surface area contributed by atoms with E-state index in [1.807, 2.05) is 13.8 Å². The fraction of sp³-hybridized carbons (Fsp3) is 0.381. The van der Waals surface area contributed by atoms with Crippen molar-refractivity contribution in [2.75, 3.05) is 11.9 Å². The molecular formula is C21H24ClN3O4. The molecule has 0 saturated heterocycles. The number of halogens is 1. The summed E-state index contributed by atoms with van der Waals surface area (Å²) < 4.78 is 7.89. The van der Waals surface area contributed by atoms with Gasteiger partial charge in [-0.1, -0.05) is 37.6 Å². The number of esters is 1. The number of hydrogen-bond donors (Lipinski definition) is 1. The van der Waals surface area contributed by atoms with Crippen molar-refractivity contribution in [3.63, 3.8) is 0 Å². The fourth-order valence-electron chi connectivity index (χ4n) is 3.50. The van der Waals surface area contributed by atoms with Crippen molar-refractivity contribution < 1.29 is 9.53 Å². The van der Waals surface area contributed by atoms with Crippen LogP contribution in [-0.2, 0) is 23.6 Å². The van der Waals surface area contributed by atoms with E-state index >= 15 is 0 Å². The van der Waals surface area contributed by atoms with E-state index in [1.54, 1.807) is 38.2 Å². The maximum Gasteiger partial charge on any atom is 0.336 e. The Morgan fingerprint density at radius 1 is 1.24 bits per heavy atom. The smallest absolute Gasteiger partial charge is 0.336 e. The van der Waals surface area contributed by atoms with E-state index in [0.717, 1.165) is 4.57 Å². The van der Waals surface area contributed by atoms with Crippen LogP contribution in [0.4, 0.5) is 5.82 Å². The SMILES string of the molecule is CC1=C(C(=O)OCC(C)C)C(c2cccc(Cl)c2)c2c(n(C)c(=O)n(C)c2=O)N1. The number of carbonyl (C=O) groups is 1. The number of allylic oxidation sites excluding steroid dienone is 1. The van der Waals surface area contributed by atoms with Crippen molar-refractivity contribution in [2.24, 2.45) is 20.0 Å². The van der Waals surface area contributed by atoms with Gasteiger partial charge in [-0.15, -0.1) is 0 Å². The van der Waals surface area contributed by atoms with Gasteiger partial charge in [0.25, 0.3) is 5.56 Å². The Balaban J connectivity index is 2.30. The molecule has 0 aliphatic carbocycles.